The zero-order valence-corrected chi connectivity index (χ0v) is 24.3. The third-order valence-electron chi connectivity index (χ3n) is 7.22. The van der Waals surface area contributed by atoms with Gasteiger partial charge < -0.3 is 30.2 Å². The predicted octanol–water partition coefficient (Wildman–Crippen LogP) is 4.94. The predicted molar refractivity (Wildman–Crippen MR) is 160 cm³/mol. The fourth-order valence-corrected chi connectivity index (χ4v) is 5.27. The van der Waals surface area contributed by atoms with Crippen molar-refractivity contribution in [1.82, 2.24) is 5.32 Å². The van der Waals surface area contributed by atoms with Crippen LogP contribution in [0.3, 0.4) is 0 Å². The smallest absolute Gasteiger partial charge is 0.247 e. The highest BCUT2D eigenvalue weighted by Crippen LogP contribution is 2.50. The van der Waals surface area contributed by atoms with Crippen LogP contribution in [0.25, 0.3) is 11.1 Å². The molecule has 216 valence electrons. The Hall–Kier alpha value is -4.53. The summed E-state index contributed by atoms with van der Waals surface area (Å²) in [5.41, 5.74) is 3.70. The van der Waals surface area contributed by atoms with Crippen LogP contribution in [0, 0.1) is 5.92 Å². The molecule has 9 heteroatoms. The van der Waals surface area contributed by atoms with Gasteiger partial charge in [-0.2, -0.15) is 0 Å². The van der Waals surface area contributed by atoms with Crippen LogP contribution in [-0.2, 0) is 16.0 Å². The van der Waals surface area contributed by atoms with Gasteiger partial charge in [0, 0.05) is 18.2 Å². The van der Waals surface area contributed by atoms with Gasteiger partial charge in [0.15, 0.2) is 11.5 Å². The quantitative estimate of drug-likeness (QED) is 0.340. The number of aryl methyl sites for hydroxylation is 1. The zero-order valence-electron chi connectivity index (χ0n) is 24.3. The molecule has 0 spiro atoms. The molecule has 3 aromatic carbocycles. The number of hydrogen-bond donors (Lipinski definition) is 3. The standard InChI is InChI=1S/C32H37N3O6/c1-18(2)29(32(38)34-21-10-8-7-9-11-21)35-25-15-13-22-23(17-26(25)37)24(33-19(3)36)14-12-20-16-27(39-4)30(40-5)31(41-6)28(20)22/h7-11,13,15-18,24,29H,12,14H2,1-6H3,(H,33,36)(H,34,38)(H,35,37)/t24-,29-/m0/s1. The maximum atomic E-state index is 13.7. The molecule has 3 N–H and O–H groups in total. The first-order valence-electron chi connectivity index (χ1n) is 13.6. The molecule has 0 aliphatic heterocycles. The molecule has 0 aromatic heterocycles. The number of amides is 2. The van der Waals surface area contributed by atoms with E-state index in [0.29, 0.717) is 46.9 Å². The summed E-state index contributed by atoms with van der Waals surface area (Å²) in [6, 6.07) is 15.0. The number of ether oxygens (including phenoxy) is 3. The number of rotatable bonds is 9. The highest BCUT2D eigenvalue weighted by Gasteiger charge is 2.30. The van der Waals surface area contributed by atoms with E-state index in [9.17, 15) is 14.4 Å². The molecular weight excluding hydrogens is 522 g/mol. The molecule has 9 nitrogen and oxygen atoms in total. The van der Waals surface area contributed by atoms with Crippen LogP contribution in [0.2, 0.25) is 0 Å². The summed E-state index contributed by atoms with van der Waals surface area (Å²) in [5, 5.41) is 9.11. The Morgan fingerprint density at radius 1 is 0.927 bits per heavy atom. The maximum Gasteiger partial charge on any atom is 0.247 e. The van der Waals surface area contributed by atoms with Crippen molar-refractivity contribution in [3.63, 3.8) is 0 Å². The number of nitrogens with one attached hydrogen (secondary N) is 3. The van der Waals surface area contributed by atoms with Crippen molar-refractivity contribution >= 4 is 23.2 Å². The zero-order chi connectivity index (χ0) is 29.7. The van der Waals surface area contributed by atoms with Crippen LogP contribution in [0.1, 0.15) is 44.4 Å². The highest BCUT2D eigenvalue weighted by atomic mass is 16.5. The number of methoxy groups -OCH3 is 3. The van der Waals surface area contributed by atoms with Crippen LogP contribution >= 0.6 is 0 Å². The van der Waals surface area contributed by atoms with Gasteiger partial charge in [-0.15, -0.1) is 0 Å². The van der Waals surface area contributed by atoms with Gasteiger partial charge in [0.2, 0.25) is 23.0 Å². The first-order chi connectivity index (χ1) is 19.7. The van der Waals surface area contributed by atoms with Gasteiger partial charge in [-0.05, 0) is 65.8 Å². The Balaban J connectivity index is 1.86. The molecule has 0 saturated heterocycles. The van der Waals surface area contributed by atoms with E-state index in [1.807, 2.05) is 56.3 Å². The lowest BCUT2D eigenvalue weighted by molar-refractivity contribution is -0.120. The fourth-order valence-electron chi connectivity index (χ4n) is 5.27. The van der Waals surface area contributed by atoms with E-state index in [0.717, 1.165) is 11.1 Å². The van der Waals surface area contributed by atoms with Crippen molar-refractivity contribution < 1.29 is 23.8 Å². The first kappa shape index (κ1) is 29.5. The minimum Gasteiger partial charge on any atom is -0.493 e. The van der Waals surface area contributed by atoms with E-state index >= 15 is 0 Å². The number of anilines is 2. The largest absolute Gasteiger partial charge is 0.493 e. The lowest BCUT2D eigenvalue weighted by atomic mass is 9.95. The monoisotopic (exact) mass is 559 g/mol. The van der Waals surface area contributed by atoms with E-state index in [4.69, 9.17) is 14.2 Å². The summed E-state index contributed by atoms with van der Waals surface area (Å²) in [4.78, 5) is 39.1. The molecular formula is C32H37N3O6. The molecule has 2 amide bonds. The second-order valence-corrected chi connectivity index (χ2v) is 10.3. The Labute approximate surface area is 240 Å². The summed E-state index contributed by atoms with van der Waals surface area (Å²) >= 11 is 0. The molecule has 4 rings (SSSR count). The molecule has 3 aromatic rings. The number of carbonyl (C=O) groups is 2. The Kier molecular flexibility index (Phi) is 9.17. The third kappa shape index (κ3) is 6.29. The van der Waals surface area contributed by atoms with Crippen molar-refractivity contribution in [2.24, 2.45) is 5.92 Å². The molecule has 1 aliphatic rings. The lowest BCUT2D eigenvalue weighted by Gasteiger charge is -2.22. The summed E-state index contributed by atoms with van der Waals surface area (Å²) in [6.07, 6.45) is 1.16. The van der Waals surface area contributed by atoms with Gasteiger partial charge in [-0.1, -0.05) is 38.1 Å². The van der Waals surface area contributed by atoms with E-state index in [-0.39, 0.29) is 28.8 Å². The first-order valence-corrected chi connectivity index (χ1v) is 13.6. The third-order valence-corrected chi connectivity index (χ3v) is 7.22. The van der Waals surface area contributed by atoms with Crippen LogP contribution in [0.5, 0.6) is 17.2 Å². The highest BCUT2D eigenvalue weighted by molar-refractivity contribution is 5.96. The molecule has 1 aliphatic carbocycles. The summed E-state index contributed by atoms with van der Waals surface area (Å²) in [6.45, 7) is 5.29. The van der Waals surface area contributed by atoms with Crippen molar-refractivity contribution in [1.29, 1.82) is 0 Å². The van der Waals surface area contributed by atoms with Crippen LogP contribution in [0.4, 0.5) is 11.4 Å². The lowest BCUT2D eigenvalue weighted by Crippen LogP contribution is -2.39. The van der Waals surface area contributed by atoms with Crippen molar-refractivity contribution in [2.45, 2.75) is 45.7 Å². The Morgan fingerprint density at radius 2 is 1.63 bits per heavy atom. The van der Waals surface area contributed by atoms with Crippen LogP contribution < -0.4 is 35.6 Å². The summed E-state index contributed by atoms with van der Waals surface area (Å²) in [5.74, 6) is 0.858. The second kappa shape index (κ2) is 12.8. The second-order valence-electron chi connectivity index (χ2n) is 10.3. The molecule has 41 heavy (non-hydrogen) atoms. The SMILES string of the molecule is COc1cc2c(c(OC)c1OC)-c1ccc(N[C@H](C(=O)Nc3ccccc3)C(C)C)c(=O)cc1[C@@H](NC(C)=O)CC2. The van der Waals surface area contributed by atoms with Crippen molar-refractivity contribution in [2.75, 3.05) is 32.0 Å². The Morgan fingerprint density at radius 3 is 2.24 bits per heavy atom. The normalized spacial score (nSPS) is 14.6. The topological polar surface area (TPSA) is 115 Å². The van der Waals surface area contributed by atoms with Gasteiger partial charge in [0.25, 0.3) is 0 Å². The van der Waals surface area contributed by atoms with Gasteiger partial charge in [0.05, 0.1) is 33.1 Å². The summed E-state index contributed by atoms with van der Waals surface area (Å²) < 4.78 is 17.1. The van der Waals surface area contributed by atoms with Gasteiger partial charge >= 0.3 is 0 Å². The number of fused-ring (bicyclic) bond motifs is 3. The molecule has 2 atom stereocenters. The molecule has 0 fully saturated rings. The number of benzene rings is 2. The van der Waals surface area contributed by atoms with Crippen molar-refractivity contribution in [3.05, 3.63) is 75.9 Å². The van der Waals surface area contributed by atoms with Crippen LogP contribution in [-0.4, -0.2) is 39.2 Å². The van der Waals surface area contributed by atoms with Crippen molar-refractivity contribution in [3.8, 4) is 28.4 Å². The van der Waals surface area contributed by atoms with E-state index in [1.54, 1.807) is 27.4 Å². The molecule has 0 radical (unpaired) electrons. The van der Waals surface area contributed by atoms with Crippen LogP contribution in [0.15, 0.2) is 59.4 Å². The minimum absolute atomic E-state index is 0.119. The fraction of sp³-hybridized carbons (Fsp3) is 0.344. The average Bonchev–Trinajstić information content (AvgIpc) is 3.19. The molecule has 0 bridgehead atoms. The molecule has 0 saturated carbocycles. The van der Waals surface area contributed by atoms with Gasteiger partial charge in [-0.3, -0.25) is 14.4 Å². The van der Waals surface area contributed by atoms with E-state index in [1.165, 1.54) is 13.0 Å². The number of hydrogen-bond acceptors (Lipinski definition) is 7. The maximum absolute atomic E-state index is 13.7. The molecule has 0 heterocycles. The van der Waals surface area contributed by atoms with E-state index < -0.39 is 12.1 Å². The Bertz CT molecular complexity index is 1490. The van der Waals surface area contributed by atoms with Gasteiger partial charge in [0.1, 0.15) is 6.04 Å². The number of carbonyl (C=O) groups excluding carboxylic acids is 2. The van der Waals surface area contributed by atoms with E-state index in [2.05, 4.69) is 16.0 Å². The number of para-hydroxylation sites is 1. The molecule has 0 unspecified atom stereocenters. The summed E-state index contributed by atoms with van der Waals surface area (Å²) in [7, 11) is 4.66. The minimum atomic E-state index is -0.678. The van der Waals surface area contributed by atoms with Gasteiger partial charge in [-0.25, -0.2) is 0 Å². The average molecular weight is 560 g/mol.